The Hall–Kier alpha value is -2.87. The van der Waals surface area contributed by atoms with Gasteiger partial charge >= 0.3 is 6.03 Å². The number of anilines is 2. The van der Waals surface area contributed by atoms with Gasteiger partial charge in [0.1, 0.15) is 11.6 Å². The molecule has 8 nitrogen and oxygen atoms in total. The van der Waals surface area contributed by atoms with Crippen molar-refractivity contribution >= 4 is 17.7 Å². The van der Waals surface area contributed by atoms with Gasteiger partial charge in [-0.05, 0) is 25.2 Å². The highest BCUT2D eigenvalue weighted by molar-refractivity contribution is 5.75. The van der Waals surface area contributed by atoms with Crippen LogP contribution < -0.4 is 21.1 Å². The number of piperazine rings is 1. The van der Waals surface area contributed by atoms with E-state index in [0.717, 1.165) is 37.6 Å². The number of hydrogen-bond donors (Lipinski definition) is 3. The average Bonchev–Trinajstić information content (AvgIpc) is 2.66. The van der Waals surface area contributed by atoms with E-state index in [0.29, 0.717) is 12.4 Å². The Labute approximate surface area is 147 Å². The van der Waals surface area contributed by atoms with E-state index < -0.39 is 0 Å². The average molecular weight is 341 g/mol. The van der Waals surface area contributed by atoms with Crippen LogP contribution in [-0.4, -0.2) is 54.1 Å². The molecular formula is C17H23N7O. The molecule has 0 radical (unpaired) electrons. The second-order valence-corrected chi connectivity index (χ2v) is 5.92. The molecule has 3 N–H and O–H groups in total. The normalized spacial score (nSPS) is 14.8. The van der Waals surface area contributed by atoms with Crippen molar-refractivity contribution in [2.75, 3.05) is 43.6 Å². The molecule has 132 valence electrons. The molecule has 1 aliphatic rings. The molecule has 2 aromatic rings. The minimum atomic E-state index is -0.321. The fourth-order valence-electron chi connectivity index (χ4n) is 2.65. The van der Waals surface area contributed by atoms with Crippen molar-refractivity contribution in [2.45, 2.75) is 6.54 Å². The Balaban J connectivity index is 1.53. The first-order valence-electron chi connectivity index (χ1n) is 8.30. The summed E-state index contributed by atoms with van der Waals surface area (Å²) in [7, 11) is 2.12. The minimum Gasteiger partial charge on any atom is -0.354 e. The predicted octanol–water partition coefficient (Wildman–Crippen LogP) is 1.05. The number of hydrazine groups is 1. The quantitative estimate of drug-likeness (QED) is 0.705. The third-order valence-electron chi connectivity index (χ3n) is 4.08. The summed E-state index contributed by atoms with van der Waals surface area (Å²) in [5, 5.41) is 2.84. The van der Waals surface area contributed by atoms with Crippen LogP contribution in [0.4, 0.5) is 16.4 Å². The van der Waals surface area contributed by atoms with Crippen LogP contribution in [0.5, 0.6) is 0 Å². The molecule has 0 saturated carbocycles. The number of carbonyl (C=O) groups excluding carboxylic acids is 1. The fourth-order valence-corrected chi connectivity index (χ4v) is 2.65. The van der Waals surface area contributed by atoms with Gasteiger partial charge in [-0.15, -0.1) is 0 Å². The van der Waals surface area contributed by atoms with Crippen molar-refractivity contribution < 1.29 is 4.79 Å². The molecule has 1 fully saturated rings. The van der Waals surface area contributed by atoms with Crippen LogP contribution in [0.15, 0.2) is 42.7 Å². The smallest absolute Gasteiger partial charge is 0.333 e. The largest absolute Gasteiger partial charge is 0.354 e. The van der Waals surface area contributed by atoms with Crippen LogP contribution in [-0.2, 0) is 6.54 Å². The van der Waals surface area contributed by atoms with Crippen LogP contribution in [0.3, 0.4) is 0 Å². The van der Waals surface area contributed by atoms with E-state index in [1.807, 2.05) is 24.3 Å². The number of carbonyl (C=O) groups is 1. The molecule has 0 atom stereocenters. The molecule has 1 aliphatic heterocycles. The van der Waals surface area contributed by atoms with E-state index in [1.54, 1.807) is 18.5 Å². The van der Waals surface area contributed by atoms with Crippen molar-refractivity contribution in [1.29, 1.82) is 0 Å². The molecule has 2 amide bonds. The standard InChI is InChI=1S/C17H23N7O/c1-23-9-11-24(12-10-23)16-14(5-4-8-19-16)13-20-17(25)22-21-15-6-2-3-7-18-15/h2-8H,9-13H2,1H3,(H,18,21)(H2,20,22,25). The van der Waals surface area contributed by atoms with E-state index in [1.165, 1.54) is 0 Å². The number of amides is 2. The van der Waals surface area contributed by atoms with Gasteiger partial charge < -0.3 is 15.1 Å². The molecule has 0 aromatic carbocycles. The number of rotatable bonds is 5. The number of aromatic nitrogens is 2. The summed E-state index contributed by atoms with van der Waals surface area (Å²) in [5.41, 5.74) is 6.33. The highest BCUT2D eigenvalue weighted by atomic mass is 16.2. The lowest BCUT2D eigenvalue weighted by Crippen LogP contribution is -2.45. The zero-order valence-corrected chi connectivity index (χ0v) is 14.3. The summed E-state index contributed by atoms with van der Waals surface area (Å²) in [4.78, 5) is 25.1. The summed E-state index contributed by atoms with van der Waals surface area (Å²) >= 11 is 0. The van der Waals surface area contributed by atoms with E-state index >= 15 is 0 Å². The van der Waals surface area contributed by atoms with Crippen molar-refractivity contribution in [3.05, 3.63) is 48.3 Å². The second kappa shape index (κ2) is 8.29. The van der Waals surface area contributed by atoms with Crippen molar-refractivity contribution in [1.82, 2.24) is 25.6 Å². The van der Waals surface area contributed by atoms with Crippen LogP contribution in [0, 0.1) is 0 Å². The Bertz CT molecular complexity index is 686. The maximum absolute atomic E-state index is 12.0. The molecule has 0 unspecified atom stereocenters. The van der Waals surface area contributed by atoms with Gasteiger partial charge in [0, 0.05) is 50.7 Å². The van der Waals surface area contributed by atoms with Crippen LogP contribution in [0.2, 0.25) is 0 Å². The van der Waals surface area contributed by atoms with Gasteiger partial charge in [-0.3, -0.25) is 10.9 Å². The van der Waals surface area contributed by atoms with Crippen LogP contribution >= 0.6 is 0 Å². The van der Waals surface area contributed by atoms with E-state index in [9.17, 15) is 4.79 Å². The summed E-state index contributed by atoms with van der Waals surface area (Å²) in [5.74, 6) is 1.52. The van der Waals surface area contributed by atoms with Gasteiger partial charge in [-0.1, -0.05) is 12.1 Å². The Morgan fingerprint density at radius 1 is 1.08 bits per heavy atom. The first-order chi connectivity index (χ1) is 12.2. The summed E-state index contributed by atoms with van der Waals surface area (Å²) in [6, 6.07) is 8.99. The zero-order valence-electron chi connectivity index (χ0n) is 14.3. The third kappa shape index (κ3) is 4.80. The molecule has 0 bridgehead atoms. The van der Waals surface area contributed by atoms with Crippen molar-refractivity contribution in [3.63, 3.8) is 0 Å². The van der Waals surface area contributed by atoms with Gasteiger partial charge in [0.15, 0.2) is 0 Å². The molecule has 8 heteroatoms. The molecule has 25 heavy (non-hydrogen) atoms. The second-order valence-electron chi connectivity index (χ2n) is 5.92. The predicted molar refractivity (Wildman–Crippen MR) is 97.2 cm³/mol. The van der Waals surface area contributed by atoms with Gasteiger partial charge in [0.25, 0.3) is 0 Å². The van der Waals surface area contributed by atoms with Crippen LogP contribution in [0.1, 0.15) is 5.56 Å². The third-order valence-corrected chi connectivity index (χ3v) is 4.08. The Morgan fingerprint density at radius 3 is 2.64 bits per heavy atom. The molecule has 2 aromatic heterocycles. The number of hydrogen-bond acceptors (Lipinski definition) is 6. The number of urea groups is 1. The lowest BCUT2D eigenvalue weighted by Gasteiger charge is -2.34. The highest BCUT2D eigenvalue weighted by Gasteiger charge is 2.18. The van der Waals surface area contributed by atoms with Crippen molar-refractivity contribution in [3.8, 4) is 0 Å². The first kappa shape index (κ1) is 17.0. The maximum atomic E-state index is 12.0. The molecule has 3 rings (SSSR count). The van der Waals surface area contributed by atoms with E-state index in [2.05, 4.69) is 43.0 Å². The Morgan fingerprint density at radius 2 is 1.88 bits per heavy atom. The van der Waals surface area contributed by atoms with Gasteiger partial charge in [0.05, 0.1) is 0 Å². The van der Waals surface area contributed by atoms with Gasteiger partial charge in [-0.25, -0.2) is 14.8 Å². The maximum Gasteiger partial charge on any atom is 0.333 e. The summed E-state index contributed by atoms with van der Waals surface area (Å²) < 4.78 is 0. The van der Waals surface area contributed by atoms with E-state index in [-0.39, 0.29) is 6.03 Å². The summed E-state index contributed by atoms with van der Waals surface area (Å²) in [6.07, 6.45) is 3.44. The molecular weight excluding hydrogens is 318 g/mol. The Kier molecular flexibility index (Phi) is 5.63. The molecule has 0 spiro atoms. The zero-order chi connectivity index (χ0) is 17.5. The first-order valence-corrected chi connectivity index (χ1v) is 8.30. The van der Waals surface area contributed by atoms with Gasteiger partial charge in [0.2, 0.25) is 0 Å². The lowest BCUT2D eigenvalue weighted by atomic mass is 10.2. The highest BCUT2D eigenvalue weighted by Crippen LogP contribution is 2.18. The molecule has 0 aliphatic carbocycles. The lowest BCUT2D eigenvalue weighted by molar-refractivity contribution is 0.242. The monoisotopic (exact) mass is 341 g/mol. The van der Waals surface area contributed by atoms with Gasteiger partial charge in [-0.2, -0.15) is 0 Å². The van der Waals surface area contributed by atoms with E-state index in [4.69, 9.17) is 0 Å². The number of pyridine rings is 2. The van der Waals surface area contributed by atoms with Crippen LogP contribution in [0.25, 0.3) is 0 Å². The fraction of sp³-hybridized carbons (Fsp3) is 0.353. The number of nitrogens with zero attached hydrogens (tertiary/aromatic N) is 4. The molecule has 3 heterocycles. The summed E-state index contributed by atoms with van der Waals surface area (Å²) in [6.45, 7) is 4.31. The SMILES string of the molecule is CN1CCN(c2ncccc2CNC(=O)NNc2ccccn2)CC1. The minimum absolute atomic E-state index is 0.321. The number of likely N-dealkylation sites (N-methyl/N-ethyl adjacent to an activating group) is 1. The topological polar surface area (TPSA) is 85.4 Å². The molecule has 1 saturated heterocycles. The van der Waals surface area contributed by atoms with Crippen molar-refractivity contribution in [2.24, 2.45) is 0 Å². The number of nitrogens with one attached hydrogen (secondary N) is 3.